The van der Waals surface area contributed by atoms with Gasteiger partial charge in [-0.2, -0.15) is 0 Å². The summed E-state index contributed by atoms with van der Waals surface area (Å²) in [4.78, 5) is 0. The number of nitrogens with zero attached hydrogens (tertiary/aromatic N) is 3. The highest BCUT2D eigenvalue weighted by atomic mass is 15.3. The third-order valence-electron chi connectivity index (χ3n) is 3.36. The van der Waals surface area contributed by atoms with Crippen molar-refractivity contribution in [1.29, 1.82) is 0 Å². The van der Waals surface area contributed by atoms with E-state index >= 15 is 0 Å². The molecule has 0 atom stereocenters. The molecule has 6 heteroatoms. The van der Waals surface area contributed by atoms with Gasteiger partial charge in [-0.3, -0.25) is 0 Å². The maximum absolute atomic E-state index is 6.13. The second kappa shape index (κ2) is 4.65. The quantitative estimate of drug-likeness (QED) is 0.603. The van der Waals surface area contributed by atoms with Crippen molar-refractivity contribution in [2.24, 2.45) is 0 Å². The number of aromatic nitrogens is 3. The van der Waals surface area contributed by atoms with Gasteiger partial charge < -0.3 is 17.2 Å². The Morgan fingerprint density at radius 2 is 1.60 bits per heavy atom. The first-order valence-corrected chi connectivity index (χ1v) is 6.15. The summed E-state index contributed by atoms with van der Waals surface area (Å²) >= 11 is 0. The minimum atomic E-state index is 0.417. The molecule has 6 N–H and O–H groups in total. The van der Waals surface area contributed by atoms with Gasteiger partial charge in [0.2, 0.25) is 0 Å². The zero-order chi connectivity index (χ0) is 14.1. The van der Waals surface area contributed by atoms with E-state index in [9.17, 15) is 0 Å². The van der Waals surface area contributed by atoms with Gasteiger partial charge in [0.25, 0.3) is 0 Å². The number of fused-ring (bicyclic) bond motifs is 1. The van der Waals surface area contributed by atoms with E-state index < -0.39 is 0 Å². The average Bonchev–Trinajstić information content (AvgIpc) is 2.50. The molecule has 2 aromatic carbocycles. The van der Waals surface area contributed by atoms with E-state index in [-0.39, 0.29) is 0 Å². The van der Waals surface area contributed by atoms with Crippen LogP contribution in [0.15, 0.2) is 36.5 Å². The van der Waals surface area contributed by atoms with Gasteiger partial charge >= 0.3 is 0 Å². The van der Waals surface area contributed by atoms with Crippen LogP contribution in [0, 0.1) is 0 Å². The van der Waals surface area contributed by atoms with Crippen molar-refractivity contribution in [3.63, 3.8) is 0 Å². The standard InChI is InChI=1S/C14H14N6/c15-12-10-4-2-1-3-9(10)11(13(16)14(12)17)7-8-5-6-18-20-19-8/h1-6H,7,15-17H2. The number of hydrogen-bond donors (Lipinski definition) is 3. The molecule has 6 nitrogen and oxygen atoms in total. The predicted molar refractivity (Wildman–Crippen MR) is 79.8 cm³/mol. The smallest absolute Gasteiger partial charge is 0.0790 e. The van der Waals surface area contributed by atoms with E-state index in [0.29, 0.717) is 23.5 Å². The molecular weight excluding hydrogens is 252 g/mol. The van der Waals surface area contributed by atoms with E-state index in [1.54, 1.807) is 12.3 Å². The van der Waals surface area contributed by atoms with Gasteiger partial charge in [-0.05, 0) is 22.2 Å². The van der Waals surface area contributed by atoms with Gasteiger partial charge in [0.15, 0.2) is 0 Å². The first-order chi connectivity index (χ1) is 9.68. The Morgan fingerprint density at radius 1 is 0.850 bits per heavy atom. The Hall–Kier alpha value is -2.89. The predicted octanol–water partition coefficient (Wildman–Crippen LogP) is 1.36. The van der Waals surface area contributed by atoms with E-state index in [1.165, 1.54) is 0 Å². The summed E-state index contributed by atoms with van der Waals surface area (Å²) in [6.07, 6.45) is 2.13. The first kappa shape index (κ1) is 12.2. The lowest BCUT2D eigenvalue weighted by atomic mass is 9.96. The van der Waals surface area contributed by atoms with Crippen LogP contribution >= 0.6 is 0 Å². The summed E-state index contributed by atoms with van der Waals surface area (Å²) in [5.74, 6) is 0. The van der Waals surface area contributed by atoms with Crippen LogP contribution in [-0.4, -0.2) is 15.4 Å². The molecule has 20 heavy (non-hydrogen) atoms. The van der Waals surface area contributed by atoms with Gasteiger partial charge in [0.05, 0.1) is 29.0 Å². The zero-order valence-electron chi connectivity index (χ0n) is 10.7. The van der Waals surface area contributed by atoms with E-state index in [4.69, 9.17) is 17.2 Å². The Balaban J connectivity index is 2.24. The number of rotatable bonds is 2. The molecule has 0 radical (unpaired) electrons. The number of anilines is 3. The highest BCUT2D eigenvalue weighted by Gasteiger charge is 2.14. The molecule has 3 aromatic rings. The first-order valence-electron chi connectivity index (χ1n) is 6.15. The summed E-state index contributed by atoms with van der Waals surface area (Å²) in [6.45, 7) is 0. The Labute approximate surface area is 115 Å². The molecule has 0 spiro atoms. The van der Waals surface area contributed by atoms with Crippen molar-refractivity contribution in [2.75, 3.05) is 17.2 Å². The topological polar surface area (TPSA) is 117 Å². The number of hydrogen-bond acceptors (Lipinski definition) is 6. The van der Waals surface area contributed by atoms with Crippen LogP contribution in [0.4, 0.5) is 17.1 Å². The minimum Gasteiger partial charge on any atom is -0.397 e. The van der Waals surface area contributed by atoms with Crippen LogP contribution in [0.3, 0.4) is 0 Å². The summed E-state index contributed by atoms with van der Waals surface area (Å²) in [5.41, 5.74) is 21.3. The Kier molecular flexibility index (Phi) is 2.83. The van der Waals surface area contributed by atoms with E-state index in [0.717, 1.165) is 22.0 Å². The molecule has 0 saturated carbocycles. The van der Waals surface area contributed by atoms with Crippen molar-refractivity contribution in [1.82, 2.24) is 15.4 Å². The second-order valence-corrected chi connectivity index (χ2v) is 4.55. The summed E-state index contributed by atoms with van der Waals surface area (Å²) in [6, 6.07) is 9.57. The second-order valence-electron chi connectivity index (χ2n) is 4.55. The van der Waals surface area contributed by atoms with Crippen molar-refractivity contribution < 1.29 is 0 Å². The van der Waals surface area contributed by atoms with Crippen molar-refractivity contribution in [3.05, 3.63) is 47.8 Å². The molecule has 0 aliphatic rings. The molecule has 0 unspecified atom stereocenters. The lowest BCUT2D eigenvalue weighted by Crippen LogP contribution is -2.07. The normalized spacial score (nSPS) is 10.8. The number of nitrogens with two attached hydrogens (primary N) is 3. The van der Waals surface area contributed by atoms with Crippen molar-refractivity contribution in [3.8, 4) is 0 Å². The van der Waals surface area contributed by atoms with Gasteiger partial charge in [-0.15, -0.1) is 10.2 Å². The number of nitrogen functional groups attached to an aromatic ring is 3. The lowest BCUT2D eigenvalue weighted by molar-refractivity contribution is 0.822. The number of benzene rings is 2. The summed E-state index contributed by atoms with van der Waals surface area (Å²) in [5, 5.41) is 13.2. The molecular formula is C14H14N6. The molecule has 0 saturated heterocycles. The summed E-state index contributed by atoms with van der Waals surface area (Å²) < 4.78 is 0. The highest BCUT2D eigenvalue weighted by molar-refractivity contribution is 6.06. The van der Waals surface area contributed by atoms with Gasteiger partial charge in [0.1, 0.15) is 0 Å². The fraction of sp³-hybridized carbons (Fsp3) is 0.0714. The highest BCUT2D eigenvalue weighted by Crippen LogP contribution is 2.37. The van der Waals surface area contributed by atoms with Gasteiger partial charge in [-0.25, -0.2) is 0 Å². The van der Waals surface area contributed by atoms with E-state index in [1.807, 2.05) is 24.3 Å². The third kappa shape index (κ3) is 1.87. The van der Waals surface area contributed by atoms with Gasteiger partial charge in [-0.1, -0.05) is 24.3 Å². The average molecular weight is 266 g/mol. The fourth-order valence-electron chi connectivity index (χ4n) is 2.31. The van der Waals surface area contributed by atoms with Crippen LogP contribution in [0.2, 0.25) is 0 Å². The SMILES string of the molecule is Nc1c(N)c(Cc2ccnnn2)c2ccccc2c1N. The zero-order valence-corrected chi connectivity index (χ0v) is 10.7. The molecule has 0 fully saturated rings. The molecule has 3 rings (SSSR count). The molecule has 1 heterocycles. The molecule has 1 aromatic heterocycles. The lowest BCUT2D eigenvalue weighted by Gasteiger charge is -2.15. The van der Waals surface area contributed by atoms with Crippen LogP contribution in [0.25, 0.3) is 10.8 Å². The largest absolute Gasteiger partial charge is 0.397 e. The molecule has 0 aliphatic heterocycles. The Bertz CT molecular complexity index is 769. The van der Waals surface area contributed by atoms with Crippen LogP contribution in [-0.2, 0) is 6.42 Å². The Morgan fingerprint density at radius 3 is 2.30 bits per heavy atom. The monoisotopic (exact) mass is 266 g/mol. The molecule has 0 bridgehead atoms. The molecule has 0 aliphatic carbocycles. The maximum Gasteiger partial charge on any atom is 0.0790 e. The molecule has 100 valence electrons. The third-order valence-corrected chi connectivity index (χ3v) is 3.36. The maximum atomic E-state index is 6.13. The fourth-order valence-corrected chi connectivity index (χ4v) is 2.31. The van der Waals surface area contributed by atoms with Crippen LogP contribution in [0.1, 0.15) is 11.3 Å². The molecule has 0 amide bonds. The van der Waals surface area contributed by atoms with Gasteiger partial charge in [0, 0.05) is 11.8 Å². The van der Waals surface area contributed by atoms with Crippen molar-refractivity contribution in [2.45, 2.75) is 6.42 Å². The van der Waals surface area contributed by atoms with Crippen LogP contribution in [0.5, 0.6) is 0 Å². The van der Waals surface area contributed by atoms with Crippen LogP contribution < -0.4 is 17.2 Å². The van der Waals surface area contributed by atoms with E-state index in [2.05, 4.69) is 15.4 Å². The van der Waals surface area contributed by atoms with Crippen molar-refractivity contribution >= 4 is 27.8 Å². The summed E-state index contributed by atoms with van der Waals surface area (Å²) in [7, 11) is 0. The minimum absolute atomic E-state index is 0.417.